The summed E-state index contributed by atoms with van der Waals surface area (Å²) in [5.41, 5.74) is 0.511. The summed E-state index contributed by atoms with van der Waals surface area (Å²) in [5, 5.41) is 3.14. The number of ether oxygens (including phenoxy) is 4. The van der Waals surface area contributed by atoms with Crippen molar-refractivity contribution in [2.24, 2.45) is 0 Å². The highest BCUT2D eigenvalue weighted by Gasteiger charge is 2.15. The van der Waals surface area contributed by atoms with Crippen LogP contribution in [0.3, 0.4) is 0 Å². The number of benzene rings is 2. The fraction of sp³-hybridized carbons (Fsp3) is 0.176. The van der Waals surface area contributed by atoms with Crippen LogP contribution in [0.1, 0.15) is 0 Å². The number of carbonyl (C=O) groups is 2. The molecule has 0 fully saturated rings. The van der Waals surface area contributed by atoms with Gasteiger partial charge in [-0.25, -0.2) is 4.79 Å². The van der Waals surface area contributed by atoms with Gasteiger partial charge in [-0.05, 0) is 46.3 Å². The van der Waals surface area contributed by atoms with Crippen LogP contribution in [0, 0.1) is 0 Å². The number of amides is 1. The molecule has 1 N–H and O–H groups in total. The average Bonchev–Trinajstić information content (AvgIpc) is 3.07. The highest BCUT2D eigenvalue weighted by molar-refractivity contribution is 9.10. The maximum Gasteiger partial charge on any atom is 0.344 e. The van der Waals surface area contributed by atoms with E-state index < -0.39 is 18.5 Å². The summed E-state index contributed by atoms with van der Waals surface area (Å²) >= 11 is 9.10. The molecule has 26 heavy (non-hydrogen) atoms. The molecule has 2 aromatic rings. The van der Waals surface area contributed by atoms with Gasteiger partial charge in [-0.1, -0.05) is 11.6 Å². The van der Waals surface area contributed by atoms with E-state index in [1.54, 1.807) is 36.4 Å². The van der Waals surface area contributed by atoms with Crippen LogP contribution in [0.25, 0.3) is 0 Å². The van der Waals surface area contributed by atoms with Crippen molar-refractivity contribution < 1.29 is 28.5 Å². The number of rotatable bonds is 6. The molecule has 0 atom stereocenters. The number of fused-ring (bicyclic) bond motifs is 1. The smallest absolute Gasteiger partial charge is 0.344 e. The predicted octanol–water partition coefficient (Wildman–Crippen LogP) is 3.39. The van der Waals surface area contributed by atoms with E-state index in [1.165, 1.54) is 0 Å². The van der Waals surface area contributed by atoms with E-state index in [2.05, 4.69) is 21.2 Å². The summed E-state index contributed by atoms with van der Waals surface area (Å²) in [7, 11) is 0. The molecule has 0 aliphatic carbocycles. The number of halogens is 2. The minimum atomic E-state index is -0.673. The van der Waals surface area contributed by atoms with Crippen molar-refractivity contribution in [2.75, 3.05) is 25.3 Å². The van der Waals surface area contributed by atoms with Gasteiger partial charge in [0.25, 0.3) is 5.91 Å². The number of hydrogen-bond donors (Lipinski definition) is 1. The van der Waals surface area contributed by atoms with Crippen LogP contribution < -0.4 is 19.5 Å². The van der Waals surface area contributed by atoms with E-state index in [0.717, 1.165) is 0 Å². The Balaban J connectivity index is 1.43. The van der Waals surface area contributed by atoms with Crippen molar-refractivity contribution in [3.05, 3.63) is 45.9 Å². The molecule has 1 heterocycles. The van der Waals surface area contributed by atoms with Crippen molar-refractivity contribution in [3.8, 4) is 17.2 Å². The first-order valence-electron chi connectivity index (χ1n) is 7.44. The second kappa shape index (κ2) is 8.29. The van der Waals surface area contributed by atoms with E-state index in [0.29, 0.717) is 32.4 Å². The maximum absolute atomic E-state index is 11.9. The third kappa shape index (κ3) is 4.80. The fourth-order valence-electron chi connectivity index (χ4n) is 2.09. The normalized spacial score (nSPS) is 11.8. The number of anilines is 1. The summed E-state index contributed by atoms with van der Waals surface area (Å²) in [6.45, 7) is -0.621. The molecule has 1 aliphatic heterocycles. The molecule has 0 bridgehead atoms. The zero-order chi connectivity index (χ0) is 18.5. The van der Waals surface area contributed by atoms with Crippen LogP contribution >= 0.6 is 27.5 Å². The van der Waals surface area contributed by atoms with Crippen LogP contribution in [-0.2, 0) is 14.3 Å². The molecule has 0 unspecified atom stereocenters. The number of nitrogens with one attached hydrogen (secondary N) is 1. The molecule has 1 aliphatic rings. The molecule has 0 spiro atoms. The topological polar surface area (TPSA) is 83.1 Å². The van der Waals surface area contributed by atoms with Crippen LogP contribution in [0.15, 0.2) is 40.9 Å². The molecule has 0 saturated heterocycles. The van der Waals surface area contributed by atoms with Gasteiger partial charge in [0.2, 0.25) is 6.79 Å². The Kier molecular flexibility index (Phi) is 5.85. The van der Waals surface area contributed by atoms with Gasteiger partial charge in [0.05, 0.1) is 4.47 Å². The van der Waals surface area contributed by atoms with Gasteiger partial charge < -0.3 is 24.3 Å². The minimum absolute atomic E-state index is 0.147. The first-order valence-corrected chi connectivity index (χ1v) is 8.61. The second-order valence-corrected chi connectivity index (χ2v) is 6.43. The van der Waals surface area contributed by atoms with Crippen LogP contribution in [0.2, 0.25) is 5.02 Å². The van der Waals surface area contributed by atoms with Crippen LogP contribution in [-0.4, -0.2) is 31.9 Å². The Morgan fingerprint density at radius 3 is 2.73 bits per heavy atom. The van der Waals surface area contributed by atoms with Crippen LogP contribution in [0.4, 0.5) is 5.69 Å². The molecule has 136 valence electrons. The molecule has 0 aromatic heterocycles. The standard InChI is InChI=1S/C17H13BrClNO6/c18-12-5-10(19)1-3-13(12)23-8-17(22)24-7-16(21)20-11-2-4-14-15(6-11)26-9-25-14/h1-6H,7-9H2,(H,20,21). The minimum Gasteiger partial charge on any atom is -0.481 e. The highest BCUT2D eigenvalue weighted by atomic mass is 79.9. The Bertz CT molecular complexity index is 844. The molecule has 7 nitrogen and oxygen atoms in total. The van der Waals surface area contributed by atoms with Gasteiger partial charge in [0.1, 0.15) is 5.75 Å². The van der Waals surface area contributed by atoms with Crippen molar-refractivity contribution in [2.45, 2.75) is 0 Å². The lowest BCUT2D eigenvalue weighted by Crippen LogP contribution is -2.23. The van der Waals surface area contributed by atoms with E-state index in [-0.39, 0.29) is 13.4 Å². The summed E-state index contributed by atoms with van der Waals surface area (Å²) in [6, 6.07) is 9.86. The van der Waals surface area contributed by atoms with Crippen molar-refractivity contribution in [1.82, 2.24) is 0 Å². The number of esters is 1. The van der Waals surface area contributed by atoms with Crippen LogP contribution in [0.5, 0.6) is 17.2 Å². The van der Waals surface area contributed by atoms with Gasteiger partial charge in [-0.3, -0.25) is 4.79 Å². The zero-order valence-electron chi connectivity index (χ0n) is 13.3. The first-order chi connectivity index (χ1) is 12.5. The number of carbonyl (C=O) groups excluding carboxylic acids is 2. The van der Waals surface area contributed by atoms with E-state index >= 15 is 0 Å². The highest BCUT2D eigenvalue weighted by Crippen LogP contribution is 2.34. The van der Waals surface area contributed by atoms with Gasteiger partial charge in [-0.2, -0.15) is 0 Å². The maximum atomic E-state index is 11.9. The van der Waals surface area contributed by atoms with Crippen molar-refractivity contribution >= 4 is 45.1 Å². The van der Waals surface area contributed by atoms with Crippen molar-refractivity contribution in [3.63, 3.8) is 0 Å². The van der Waals surface area contributed by atoms with Gasteiger partial charge in [-0.15, -0.1) is 0 Å². The zero-order valence-corrected chi connectivity index (χ0v) is 15.6. The average molecular weight is 443 g/mol. The molecule has 2 aromatic carbocycles. The molecule has 1 amide bonds. The van der Waals surface area contributed by atoms with Gasteiger partial charge in [0.15, 0.2) is 24.7 Å². The summed E-state index contributed by atoms with van der Waals surface area (Å²) in [5.74, 6) is 0.440. The SMILES string of the molecule is O=C(COC(=O)COc1ccc(Cl)cc1Br)Nc1ccc2c(c1)OCO2. The van der Waals surface area contributed by atoms with Crippen molar-refractivity contribution in [1.29, 1.82) is 0 Å². The molecule has 0 saturated carbocycles. The van der Waals surface area contributed by atoms with Gasteiger partial charge in [0, 0.05) is 16.8 Å². The second-order valence-electron chi connectivity index (χ2n) is 5.14. The predicted molar refractivity (Wildman–Crippen MR) is 96.8 cm³/mol. The van der Waals surface area contributed by atoms with Gasteiger partial charge >= 0.3 is 5.97 Å². The third-order valence-corrected chi connectivity index (χ3v) is 4.11. The number of hydrogen-bond acceptors (Lipinski definition) is 6. The lowest BCUT2D eigenvalue weighted by molar-refractivity contribution is -0.149. The largest absolute Gasteiger partial charge is 0.481 e. The molecule has 0 radical (unpaired) electrons. The first kappa shape index (κ1) is 18.3. The van der Waals surface area contributed by atoms with E-state index in [9.17, 15) is 9.59 Å². The Morgan fingerprint density at radius 1 is 1.12 bits per heavy atom. The summed E-state index contributed by atoms with van der Waals surface area (Å²) in [4.78, 5) is 23.6. The summed E-state index contributed by atoms with van der Waals surface area (Å²) < 4.78 is 21.2. The lowest BCUT2D eigenvalue weighted by atomic mass is 10.3. The lowest BCUT2D eigenvalue weighted by Gasteiger charge is -2.09. The van der Waals surface area contributed by atoms with E-state index in [4.69, 9.17) is 30.5 Å². The molecule has 9 heteroatoms. The molecular weight excluding hydrogens is 430 g/mol. The Morgan fingerprint density at radius 2 is 1.92 bits per heavy atom. The molecular formula is C17H13BrClNO6. The third-order valence-electron chi connectivity index (χ3n) is 3.26. The Hall–Kier alpha value is -2.45. The quantitative estimate of drug-likeness (QED) is 0.691. The Labute approximate surface area is 162 Å². The molecule has 3 rings (SSSR count). The fourth-order valence-corrected chi connectivity index (χ4v) is 2.89. The monoisotopic (exact) mass is 441 g/mol. The summed E-state index contributed by atoms with van der Waals surface area (Å²) in [6.07, 6.45) is 0. The van der Waals surface area contributed by atoms with E-state index in [1.807, 2.05) is 0 Å².